The van der Waals surface area contributed by atoms with E-state index in [1.165, 1.54) is 6.92 Å². The Morgan fingerprint density at radius 3 is 2.37 bits per heavy atom. The van der Waals surface area contributed by atoms with Crippen molar-refractivity contribution < 1.29 is 19.1 Å². The molecule has 5 nitrogen and oxygen atoms in total. The summed E-state index contributed by atoms with van der Waals surface area (Å²) in [4.78, 5) is 24.7. The fraction of sp³-hybridized carbons (Fsp3) is 0.333. The predicted octanol–water partition coefficient (Wildman–Crippen LogP) is 4.55. The van der Waals surface area contributed by atoms with Crippen LogP contribution in [0, 0.1) is 6.92 Å². The van der Waals surface area contributed by atoms with Crippen LogP contribution in [0.1, 0.15) is 31.9 Å². The largest absolute Gasteiger partial charge is 0.479 e. The molecule has 2 aromatic rings. The van der Waals surface area contributed by atoms with E-state index in [0.717, 1.165) is 23.2 Å². The van der Waals surface area contributed by atoms with Crippen LogP contribution in [0.5, 0.6) is 5.75 Å². The Morgan fingerprint density at radius 2 is 1.74 bits per heavy atom. The van der Waals surface area contributed by atoms with Gasteiger partial charge in [-0.05, 0) is 62.6 Å². The number of benzene rings is 2. The number of amides is 1. The zero-order valence-corrected chi connectivity index (χ0v) is 16.7. The first kappa shape index (κ1) is 20.8. The minimum Gasteiger partial charge on any atom is -0.479 e. The van der Waals surface area contributed by atoms with Gasteiger partial charge < -0.3 is 14.8 Å². The number of esters is 1. The second-order valence-electron chi connectivity index (χ2n) is 6.24. The lowest BCUT2D eigenvalue weighted by Gasteiger charge is -2.19. The monoisotopic (exact) mass is 389 g/mol. The van der Waals surface area contributed by atoms with Crippen molar-refractivity contribution in [2.45, 2.75) is 46.3 Å². The van der Waals surface area contributed by atoms with Gasteiger partial charge in [0.15, 0.2) is 12.2 Å². The lowest BCUT2D eigenvalue weighted by molar-refractivity contribution is -0.159. The molecule has 2 aromatic carbocycles. The average molecular weight is 390 g/mol. The number of halogens is 1. The molecule has 0 bridgehead atoms. The lowest BCUT2D eigenvalue weighted by atomic mass is 10.1. The molecule has 0 saturated carbocycles. The minimum atomic E-state index is -0.946. The average Bonchev–Trinajstić information content (AvgIpc) is 2.64. The summed E-state index contributed by atoms with van der Waals surface area (Å²) in [6.45, 7) is 7.04. The highest BCUT2D eigenvalue weighted by Gasteiger charge is 2.24. The molecule has 1 amide bonds. The Hall–Kier alpha value is -2.53. The molecular formula is C21H24ClNO4. The molecule has 0 aliphatic heterocycles. The van der Waals surface area contributed by atoms with E-state index in [-0.39, 0.29) is 5.91 Å². The summed E-state index contributed by atoms with van der Waals surface area (Å²) in [5, 5.41) is 3.43. The second-order valence-corrected chi connectivity index (χ2v) is 6.68. The Kier molecular flexibility index (Phi) is 7.25. The number of para-hydroxylation sites is 1. The third kappa shape index (κ3) is 5.73. The van der Waals surface area contributed by atoms with Gasteiger partial charge in [-0.3, -0.25) is 4.79 Å². The van der Waals surface area contributed by atoms with Crippen molar-refractivity contribution in [1.29, 1.82) is 0 Å². The van der Waals surface area contributed by atoms with E-state index >= 15 is 0 Å². The zero-order chi connectivity index (χ0) is 20.0. The maximum Gasteiger partial charge on any atom is 0.347 e. The summed E-state index contributed by atoms with van der Waals surface area (Å²) < 4.78 is 10.8. The molecule has 0 heterocycles. The summed E-state index contributed by atoms with van der Waals surface area (Å²) in [6, 6.07) is 12.5. The Bertz CT molecular complexity index is 804. The third-order valence-electron chi connectivity index (χ3n) is 4.11. The summed E-state index contributed by atoms with van der Waals surface area (Å²) in [7, 11) is 0. The Balaban J connectivity index is 1.95. The maximum absolute atomic E-state index is 12.4. The minimum absolute atomic E-state index is 0.383. The number of aryl methyl sites for hydroxylation is 2. The molecule has 2 rings (SSSR count). The van der Waals surface area contributed by atoms with E-state index in [4.69, 9.17) is 21.1 Å². The van der Waals surface area contributed by atoms with Crippen LogP contribution in [0.2, 0.25) is 5.02 Å². The van der Waals surface area contributed by atoms with Gasteiger partial charge >= 0.3 is 5.97 Å². The first-order valence-corrected chi connectivity index (χ1v) is 9.21. The van der Waals surface area contributed by atoms with E-state index in [1.54, 1.807) is 31.2 Å². The van der Waals surface area contributed by atoms with Gasteiger partial charge in [0.1, 0.15) is 5.75 Å². The fourth-order valence-electron chi connectivity index (χ4n) is 2.52. The van der Waals surface area contributed by atoms with Crippen molar-refractivity contribution in [3.05, 3.63) is 58.6 Å². The van der Waals surface area contributed by atoms with Crippen LogP contribution >= 0.6 is 11.6 Å². The summed E-state index contributed by atoms with van der Waals surface area (Å²) >= 11 is 5.82. The summed E-state index contributed by atoms with van der Waals surface area (Å²) in [5.41, 5.74) is 2.75. The Morgan fingerprint density at radius 1 is 1.07 bits per heavy atom. The van der Waals surface area contributed by atoms with Crippen LogP contribution in [0.25, 0.3) is 0 Å². The SMILES string of the molecule is CCc1cccc(C)c1NC(=O)[C@@H](C)OC(=O)[C@@H](C)Oc1ccc(Cl)cc1. The predicted molar refractivity (Wildman–Crippen MR) is 106 cm³/mol. The number of ether oxygens (including phenoxy) is 2. The molecule has 1 N–H and O–H groups in total. The van der Waals surface area contributed by atoms with Crippen molar-refractivity contribution in [1.82, 2.24) is 0 Å². The topological polar surface area (TPSA) is 64.6 Å². The fourth-order valence-corrected chi connectivity index (χ4v) is 2.64. The van der Waals surface area contributed by atoms with Gasteiger partial charge in [0.05, 0.1) is 0 Å². The molecule has 0 aromatic heterocycles. The smallest absolute Gasteiger partial charge is 0.347 e. The highest BCUT2D eigenvalue weighted by Crippen LogP contribution is 2.22. The lowest BCUT2D eigenvalue weighted by Crippen LogP contribution is -2.35. The van der Waals surface area contributed by atoms with Gasteiger partial charge in [0, 0.05) is 10.7 Å². The van der Waals surface area contributed by atoms with Crippen LogP contribution in [0.4, 0.5) is 5.69 Å². The molecule has 0 spiro atoms. The summed E-state index contributed by atoms with van der Waals surface area (Å²) in [5.74, 6) is -0.507. The van der Waals surface area contributed by atoms with Gasteiger partial charge in [0.2, 0.25) is 0 Å². The molecular weight excluding hydrogens is 366 g/mol. The second kappa shape index (κ2) is 9.42. The number of hydrogen-bond donors (Lipinski definition) is 1. The number of carbonyl (C=O) groups is 2. The maximum atomic E-state index is 12.4. The first-order valence-electron chi connectivity index (χ1n) is 8.83. The number of hydrogen-bond acceptors (Lipinski definition) is 4. The quantitative estimate of drug-likeness (QED) is 0.705. The molecule has 6 heteroatoms. The number of carbonyl (C=O) groups excluding carboxylic acids is 2. The molecule has 0 radical (unpaired) electrons. The molecule has 27 heavy (non-hydrogen) atoms. The van der Waals surface area contributed by atoms with Crippen molar-refractivity contribution in [3.8, 4) is 5.75 Å². The van der Waals surface area contributed by atoms with E-state index in [9.17, 15) is 9.59 Å². The highest BCUT2D eigenvalue weighted by atomic mass is 35.5. The first-order chi connectivity index (χ1) is 12.8. The number of nitrogens with one attached hydrogen (secondary N) is 1. The van der Waals surface area contributed by atoms with Crippen molar-refractivity contribution in [2.24, 2.45) is 0 Å². The van der Waals surface area contributed by atoms with Gasteiger partial charge in [-0.15, -0.1) is 0 Å². The molecule has 0 aliphatic rings. The van der Waals surface area contributed by atoms with Crippen LogP contribution in [0.15, 0.2) is 42.5 Å². The molecule has 2 atom stereocenters. The van der Waals surface area contributed by atoms with Crippen LogP contribution in [-0.4, -0.2) is 24.1 Å². The molecule has 0 aliphatic carbocycles. The Labute approximate surface area is 164 Å². The molecule has 144 valence electrons. The standard InChI is InChI=1S/C21H24ClNO4/c1-5-16-8-6-7-13(2)19(16)23-20(24)14(3)27-21(25)15(4)26-18-11-9-17(22)10-12-18/h6-12,14-15H,5H2,1-4H3,(H,23,24)/t14-,15-/m1/s1. The number of anilines is 1. The van der Waals surface area contributed by atoms with Crippen molar-refractivity contribution >= 4 is 29.2 Å². The molecule has 0 fully saturated rings. The van der Waals surface area contributed by atoms with E-state index in [2.05, 4.69) is 5.32 Å². The zero-order valence-electron chi connectivity index (χ0n) is 15.9. The normalized spacial score (nSPS) is 12.8. The molecule has 0 saturated heterocycles. The van der Waals surface area contributed by atoms with Gasteiger partial charge in [-0.1, -0.05) is 36.7 Å². The van der Waals surface area contributed by atoms with E-state index < -0.39 is 18.2 Å². The van der Waals surface area contributed by atoms with Crippen LogP contribution in [0.3, 0.4) is 0 Å². The van der Waals surface area contributed by atoms with Crippen molar-refractivity contribution in [3.63, 3.8) is 0 Å². The van der Waals surface area contributed by atoms with E-state index in [1.807, 2.05) is 32.0 Å². The number of rotatable bonds is 7. The van der Waals surface area contributed by atoms with Crippen LogP contribution in [-0.2, 0) is 20.7 Å². The highest BCUT2D eigenvalue weighted by molar-refractivity contribution is 6.30. The van der Waals surface area contributed by atoms with E-state index in [0.29, 0.717) is 10.8 Å². The van der Waals surface area contributed by atoms with Crippen LogP contribution < -0.4 is 10.1 Å². The van der Waals surface area contributed by atoms with Gasteiger partial charge in [-0.25, -0.2) is 4.79 Å². The molecule has 0 unspecified atom stereocenters. The van der Waals surface area contributed by atoms with Gasteiger partial charge in [-0.2, -0.15) is 0 Å². The van der Waals surface area contributed by atoms with Crippen molar-refractivity contribution in [2.75, 3.05) is 5.32 Å². The van der Waals surface area contributed by atoms with Gasteiger partial charge in [0.25, 0.3) is 5.91 Å². The third-order valence-corrected chi connectivity index (χ3v) is 4.36. The summed E-state index contributed by atoms with van der Waals surface area (Å²) in [6.07, 6.45) is -1.01.